The van der Waals surface area contributed by atoms with Gasteiger partial charge in [0.25, 0.3) is 0 Å². The third kappa shape index (κ3) is 2.16. The predicted molar refractivity (Wildman–Crippen MR) is 74.8 cm³/mol. The molecule has 1 aromatic heterocycles. The molecule has 0 atom stereocenters. The summed E-state index contributed by atoms with van der Waals surface area (Å²) in [4.78, 5) is 13.8. The third-order valence-corrected chi connectivity index (χ3v) is 3.05. The summed E-state index contributed by atoms with van der Waals surface area (Å²) in [7, 11) is 0. The van der Waals surface area contributed by atoms with Crippen molar-refractivity contribution in [3.8, 4) is 0 Å². The van der Waals surface area contributed by atoms with Crippen LogP contribution in [0.2, 0.25) is 0 Å². The molecule has 18 heavy (non-hydrogen) atoms. The summed E-state index contributed by atoms with van der Waals surface area (Å²) < 4.78 is 5.27. The lowest BCUT2D eigenvalue weighted by Gasteiger charge is -2.20. The Morgan fingerprint density at radius 2 is 2.00 bits per heavy atom. The van der Waals surface area contributed by atoms with Crippen molar-refractivity contribution in [3.63, 3.8) is 0 Å². The van der Waals surface area contributed by atoms with E-state index >= 15 is 0 Å². The fourth-order valence-corrected chi connectivity index (χ4v) is 2.02. The van der Waals surface area contributed by atoms with E-state index in [4.69, 9.17) is 11.0 Å². The van der Waals surface area contributed by atoms with Crippen LogP contribution in [-0.4, -0.2) is 13.1 Å². The number of rotatable bonds is 4. The molecule has 0 N–H and O–H groups in total. The normalized spacial score (nSPS) is 10.6. The first-order chi connectivity index (χ1) is 8.69. The highest BCUT2D eigenvalue weighted by Crippen LogP contribution is 2.21. The van der Waals surface area contributed by atoms with Crippen LogP contribution in [0.15, 0.2) is 33.5 Å². The van der Waals surface area contributed by atoms with E-state index in [2.05, 4.69) is 18.7 Å². The molecule has 0 amide bonds. The van der Waals surface area contributed by atoms with Crippen molar-refractivity contribution in [1.29, 1.82) is 0 Å². The molecule has 1 aromatic carbocycles. The van der Waals surface area contributed by atoms with Crippen LogP contribution in [-0.2, 0) is 0 Å². The molecule has 0 spiro atoms. The molecule has 0 fully saturated rings. The Bertz CT molecular complexity index is 624. The van der Waals surface area contributed by atoms with Gasteiger partial charge in [-0.3, -0.25) is 0 Å². The van der Waals surface area contributed by atoms with Crippen molar-refractivity contribution in [3.05, 3.63) is 46.8 Å². The first-order valence-corrected chi connectivity index (χ1v) is 6.07. The van der Waals surface area contributed by atoms with Crippen LogP contribution in [0, 0.1) is 6.58 Å². The lowest BCUT2D eigenvalue weighted by Crippen LogP contribution is -2.21. The van der Waals surface area contributed by atoms with E-state index in [1.807, 2.05) is 18.2 Å². The molecule has 3 heteroatoms. The van der Waals surface area contributed by atoms with E-state index in [9.17, 15) is 4.79 Å². The smallest absolute Gasteiger partial charge is 0.343 e. The molecule has 93 valence electrons. The predicted octanol–water partition coefficient (Wildman–Crippen LogP) is 3.09. The highest BCUT2D eigenvalue weighted by Gasteiger charge is 2.06. The standard InChI is InChI=1S/C15H16NO2/c1-4-11-9-12-7-8-13(16(5-2)6-3)10-14(12)18-15(11)17/h1,4,7-10H,5-6H2,2-3H3. The van der Waals surface area contributed by atoms with E-state index < -0.39 is 5.63 Å². The van der Waals surface area contributed by atoms with E-state index in [1.165, 1.54) is 6.08 Å². The molecule has 3 nitrogen and oxygen atoms in total. The monoisotopic (exact) mass is 242 g/mol. The van der Waals surface area contributed by atoms with Crippen molar-refractivity contribution < 1.29 is 4.42 Å². The number of benzene rings is 1. The lowest BCUT2D eigenvalue weighted by molar-refractivity contribution is 0.559. The Hall–Kier alpha value is -2.03. The molecule has 0 saturated carbocycles. The summed E-state index contributed by atoms with van der Waals surface area (Å²) in [5.74, 6) is 0. The zero-order chi connectivity index (χ0) is 13.1. The highest BCUT2D eigenvalue weighted by molar-refractivity contribution is 5.82. The fourth-order valence-electron chi connectivity index (χ4n) is 2.02. The highest BCUT2D eigenvalue weighted by atomic mass is 16.4. The summed E-state index contributed by atoms with van der Waals surface area (Å²) >= 11 is 0. The molecule has 1 radical (unpaired) electrons. The summed E-state index contributed by atoms with van der Waals surface area (Å²) in [6.45, 7) is 11.4. The Morgan fingerprint density at radius 3 is 2.61 bits per heavy atom. The van der Waals surface area contributed by atoms with Crippen LogP contribution in [0.5, 0.6) is 0 Å². The maximum Gasteiger partial charge on any atom is 0.343 e. The van der Waals surface area contributed by atoms with Crippen LogP contribution in [0.3, 0.4) is 0 Å². The Labute approximate surface area is 106 Å². The second-order valence-electron chi connectivity index (χ2n) is 4.05. The van der Waals surface area contributed by atoms with Crippen LogP contribution < -0.4 is 10.5 Å². The number of hydrogen-bond acceptors (Lipinski definition) is 3. The van der Waals surface area contributed by atoms with E-state index in [0.29, 0.717) is 11.1 Å². The van der Waals surface area contributed by atoms with E-state index in [0.717, 1.165) is 24.2 Å². The van der Waals surface area contributed by atoms with Crippen molar-refractivity contribution in [2.75, 3.05) is 18.0 Å². The summed E-state index contributed by atoms with van der Waals surface area (Å²) in [6.07, 6.45) is 1.27. The van der Waals surface area contributed by atoms with Gasteiger partial charge in [0.05, 0.1) is 5.56 Å². The Kier molecular flexibility index (Phi) is 3.51. The van der Waals surface area contributed by atoms with Crippen LogP contribution >= 0.6 is 0 Å². The average Bonchev–Trinajstić information content (AvgIpc) is 2.39. The minimum Gasteiger partial charge on any atom is -0.422 e. The van der Waals surface area contributed by atoms with Crippen LogP contribution in [0.4, 0.5) is 5.69 Å². The van der Waals surface area contributed by atoms with Gasteiger partial charge in [0.1, 0.15) is 5.58 Å². The molecular formula is C15H16NO2. The minimum absolute atomic E-state index is 0.387. The topological polar surface area (TPSA) is 33.5 Å². The van der Waals surface area contributed by atoms with Crippen molar-refractivity contribution >= 4 is 22.7 Å². The summed E-state index contributed by atoms with van der Waals surface area (Å²) in [5, 5.41) is 0.877. The Balaban J connectivity index is 2.58. The minimum atomic E-state index is -0.401. The van der Waals surface area contributed by atoms with Crippen LogP contribution in [0.25, 0.3) is 17.0 Å². The SMILES string of the molecule is [CH]=Cc1cc2ccc(N(CC)CC)cc2oc1=O. The first kappa shape index (κ1) is 12.4. The zero-order valence-corrected chi connectivity index (χ0v) is 10.6. The average molecular weight is 242 g/mol. The molecule has 0 aliphatic rings. The molecule has 0 aliphatic heterocycles. The molecule has 2 aromatic rings. The van der Waals surface area contributed by atoms with Gasteiger partial charge in [-0.05, 0) is 38.1 Å². The largest absolute Gasteiger partial charge is 0.422 e. The van der Waals surface area contributed by atoms with Gasteiger partial charge in [0.2, 0.25) is 0 Å². The van der Waals surface area contributed by atoms with E-state index in [-0.39, 0.29) is 0 Å². The molecular weight excluding hydrogens is 226 g/mol. The summed E-state index contributed by atoms with van der Waals surface area (Å²) in [5.41, 5.74) is 1.63. The third-order valence-electron chi connectivity index (χ3n) is 3.05. The first-order valence-electron chi connectivity index (χ1n) is 6.07. The van der Waals surface area contributed by atoms with Gasteiger partial charge in [-0.2, -0.15) is 0 Å². The van der Waals surface area contributed by atoms with Crippen molar-refractivity contribution in [2.45, 2.75) is 13.8 Å². The van der Waals surface area contributed by atoms with Gasteiger partial charge in [-0.15, -0.1) is 0 Å². The van der Waals surface area contributed by atoms with Gasteiger partial charge in [0.15, 0.2) is 0 Å². The molecule has 2 rings (SSSR count). The van der Waals surface area contributed by atoms with Crippen molar-refractivity contribution in [2.24, 2.45) is 0 Å². The van der Waals surface area contributed by atoms with Gasteiger partial charge in [0, 0.05) is 30.2 Å². The van der Waals surface area contributed by atoms with Gasteiger partial charge >= 0.3 is 5.63 Å². The maximum absolute atomic E-state index is 11.6. The van der Waals surface area contributed by atoms with Gasteiger partial charge in [-0.1, -0.05) is 6.58 Å². The number of fused-ring (bicyclic) bond motifs is 1. The van der Waals surface area contributed by atoms with Crippen LogP contribution in [0.1, 0.15) is 19.4 Å². The Morgan fingerprint density at radius 1 is 1.28 bits per heavy atom. The maximum atomic E-state index is 11.6. The van der Waals surface area contributed by atoms with Crippen molar-refractivity contribution in [1.82, 2.24) is 0 Å². The lowest BCUT2D eigenvalue weighted by atomic mass is 10.1. The number of nitrogens with zero attached hydrogens (tertiary/aromatic N) is 1. The zero-order valence-electron chi connectivity index (χ0n) is 10.6. The summed E-state index contributed by atoms with van der Waals surface area (Å²) in [6, 6.07) is 7.60. The van der Waals surface area contributed by atoms with E-state index in [1.54, 1.807) is 6.07 Å². The van der Waals surface area contributed by atoms with Gasteiger partial charge < -0.3 is 9.32 Å². The quantitative estimate of drug-likeness (QED) is 0.772. The molecule has 1 heterocycles. The number of anilines is 1. The second-order valence-corrected chi connectivity index (χ2v) is 4.05. The molecule has 0 aliphatic carbocycles. The molecule has 0 saturated heterocycles. The molecule has 0 bridgehead atoms. The fraction of sp³-hybridized carbons (Fsp3) is 0.267. The number of hydrogen-bond donors (Lipinski definition) is 0. The second kappa shape index (κ2) is 5.08. The molecule has 0 unspecified atom stereocenters. The van der Waals surface area contributed by atoms with Gasteiger partial charge in [-0.25, -0.2) is 4.79 Å².